The van der Waals surface area contributed by atoms with Gasteiger partial charge < -0.3 is 4.57 Å². The maximum atomic E-state index is 12.8. The minimum absolute atomic E-state index is 0.110. The highest BCUT2D eigenvalue weighted by Gasteiger charge is 2.39. The number of hydrogen-bond donors (Lipinski definition) is 0. The van der Waals surface area contributed by atoms with E-state index in [2.05, 4.69) is 4.98 Å². The normalized spacial score (nSPS) is 20.9. The standard InChI is InChI=1S/C11H15F3N2/c1-3-8-4-5-9-15-7(2)10(11(12,13)14)16(9)6-8/h8H,3-6H2,1-2H3. The molecule has 0 radical (unpaired) electrons. The summed E-state index contributed by atoms with van der Waals surface area (Å²) in [6.07, 6.45) is -1.75. The predicted octanol–water partition coefficient (Wildman–Crippen LogP) is 3.18. The number of alkyl halides is 3. The number of halogens is 3. The van der Waals surface area contributed by atoms with Gasteiger partial charge in [-0.15, -0.1) is 0 Å². The first-order valence-corrected chi connectivity index (χ1v) is 5.56. The van der Waals surface area contributed by atoms with Crippen molar-refractivity contribution in [1.29, 1.82) is 0 Å². The molecule has 2 heterocycles. The molecule has 0 fully saturated rings. The van der Waals surface area contributed by atoms with E-state index in [1.807, 2.05) is 6.92 Å². The zero-order valence-electron chi connectivity index (χ0n) is 9.43. The van der Waals surface area contributed by atoms with Gasteiger partial charge in [0.15, 0.2) is 0 Å². The van der Waals surface area contributed by atoms with Crippen LogP contribution in [-0.4, -0.2) is 9.55 Å². The van der Waals surface area contributed by atoms with Crippen molar-refractivity contribution in [2.75, 3.05) is 0 Å². The SMILES string of the molecule is CCC1CCc2nc(C)c(C(F)(F)F)n2C1. The van der Waals surface area contributed by atoms with Crippen LogP contribution in [0, 0.1) is 12.8 Å². The van der Waals surface area contributed by atoms with Gasteiger partial charge in [-0.2, -0.15) is 13.2 Å². The van der Waals surface area contributed by atoms with Crippen LogP contribution in [0.1, 0.15) is 37.0 Å². The van der Waals surface area contributed by atoms with Crippen LogP contribution in [-0.2, 0) is 19.1 Å². The van der Waals surface area contributed by atoms with Gasteiger partial charge in [-0.05, 0) is 19.3 Å². The lowest BCUT2D eigenvalue weighted by atomic mass is 9.97. The van der Waals surface area contributed by atoms with Crippen LogP contribution in [0.25, 0.3) is 0 Å². The topological polar surface area (TPSA) is 17.8 Å². The van der Waals surface area contributed by atoms with Crippen molar-refractivity contribution in [2.45, 2.75) is 45.8 Å². The summed E-state index contributed by atoms with van der Waals surface area (Å²) in [5.74, 6) is 0.941. The number of aryl methyl sites for hydroxylation is 2. The van der Waals surface area contributed by atoms with Crippen molar-refractivity contribution in [3.8, 4) is 0 Å². The van der Waals surface area contributed by atoms with Gasteiger partial charge >= 0.3 is 6.18 Å². The summed E-state index contributed by atoms with van der Waals surface area (Å²) in [5, 5.41) is 0. The largest absolute Gasteiger partial charge is 0.433 e. The molecule has 1 aromatic heterocycles. The molecule has 0 saturated carbocycles. The van der Waals surface area contributed by atoms with E-state index in [0.29, 0.717) is 24.7 Å². The molecule has 1 aromatic rings. The Hall–Kier alpha value is -1.00. The van der Waals surface area contributed by atoms with Crippen molar-refractivity contribution in [3.63, 3.8) is 0 Å². The highest BCUT2D eigenvalue weighted by Crippen LogP contribution is 2.35. The van der Waals surface area contributed by atoms with E-state index >= 15 is 0 Å². The van der Waals surface area contributed by atoms with Crippen LogP contribution in [0.15, 0.2) is 0 Å². The maximum Gasteiger partial charge on any atom is 0.433 e. The number of imidazole rings is 1. The molecule has 0 saturated heterocycles. The summed E-state index contributed by atoms with van der Waals surface area (Å²) in [6, 6.07) is 0. The molecule has 1 atom stereocenters. The molecule has 5 heteroatoms. The molecule has 0 aliphatic carbocycles. The van der Waals surface area contributed by atoms with Gasteiger partial charge in [0, 0.05) is 13.0 Å². The Balaban J connectivity index is 2.44. The predicted molar refractivity (Wildman–Crippen MR) is 54.1 cm³/mol. The first-order valence-electron chi connectivity index (χ1n) is 5.56. The molecule has 2 nitrogen and oxygen atoms in total. The second kappa shape index (κ2) is 3.79. The fourth-order valence-electron chi connectivity index (χ4n) is 2.39. The Labute approximate surface area is 92.5 Å². The van der Waals surface area contributed by atoms with E-state index in [1.54, 1.807) is 0 Å². The number of rotatable bonds is 1. The van der Waals surface area contributed by atoms with Crippen LogP contribution in [0.2, 0.25) is 0 Å². The van der Waals surface area contributed by atoms with Crippen LogP contribution in [0.3, 0.4) is 0 Å². The van der Waals surface area contributed by atoms with E-state index in [9.17, 15) is 13.2 Å². The lowest BCUT2D eigenvalue weighted by Crippen LogP contribution is -2.24. The molecule has 1 aliphatic heterocycles. The molecule has 90 valence electrons. The molecule has 1 aliphatic rings. The van der Waals surface area contributed by atoms with Gasteiger partial charge in [-0.25, -0.2) is 4.98 Å². The van der Waals surface area contributed by atoms with Crippen molar-refractivity contribution in [2.24, 2.45) is 5.92 Å². The van der Waals surface area contributed by atoms with Gasteiger partial charge in [0.25, 0.3) is 0 Å². The third-order valence-electron chi connectivity index (χ3n) is 3.28. The van der Waals surface area contributed by atoms with Crippen LogP contribution in [0.5, 0.6) is 0 Å². The maximum absolute atomic E-state index is 12.8. The number of hydrogen-bond acceptors (Lipinski definition) is 1. The minimum atomic E-state index is -4.29. The Bertz CT molecular complexity index is 393. The molecule has 0 N–H and O–H groups in total. The molecule has 1 unspecified atom stereocenters. The summed E-state index contributed by atoms with van der Waals surface area (Å²) in [7, 11) is 0. The highest BCUT2D eigenvalue weighted by molar-refractivity contribution is 5.20. The second-order valence-electron chi connectivity index (χ2n) is 4.38. The zero-order chi connectivity index (χ0) is 11.9. The summed E-state index contributed by atoms with van der Waals surface area (Å²) < 4.78 is 39.9. The molecular weight excluding hydrogens is 217 g/mol. The lowest BCUT2D eigenvalue weighted by Gasteiger charge is -2.24. The molecule has 0 bridgehead atoms. The smallest absolute Gasteiger partial charge is 0.324 e. The Morgan fingerprint density at radius 2 is 2.12 bits per heavy atom. The number of fused-ring (bicyclic) bond motifs is 1. The van der Waals surface area contributed by atoms with Gasteiger partial charge in [-0.3, -0.25) is 0 Å². The average Bonchev–Trinajstić information content (AvgIpc) is 2.51. The lowest BCUT2D eigenvalue weighted by molar-refractivity contribution is -0.144. The van der Waals surface area contributed by atoms with E-state index in [1.165, 1.54) is 11.5 Å². The third kappa shape index (κ3) is 1.83. The number of aromatic nitrogens is 2. The Morgan fingerprint density at radius 3 is 2.69 bits per heavy atom. The average molecular weight is 232 g/mol. The van der Waals surface area contributed by atoms with Gasteiger partial charge in [0.2, 0.25) is 0 Å². The van der Waals surface area contributed by atoms with Crippen molar-refractivity contribution in [1.82, 2.24) is 9.55 Å². The second-order valence-corrected chi connectivity index (χ2v) is 4.38. The van der Waals surface area contributed by atoms with E-state index in [-0.39, 0.29) is 5.69 Å². The third-order valence-corrected chi connectivity index (χ3v) is 3.28. The van der Waals surface area contributed by atoms with Crippen LogP contribution < -0.4 is 0 Å². The quantitative estimate of drug-likeness (QED) is 0.727. The first-order chi connectivity index (χ1) is 7.43. The van der Waals surface area contributed by atoms with E-state index < -0.39 is 11.9 Å². The fraction of sp³-hybridized carbons (Fsp3) is 0.727. The van der Waals surface area contributed by atoms with Gasteiger partial charge in [-0.1, -0.05) is 13.3 Å². The monoisotopic (exact) mass is 232 g/mol. The fourth-order valence-corrected chi connectivity index (χ4v) is 2.39. The summed E-state index contributed by atoms with van der Waals surface area (Å²) >= 11 is 0. The van der Waals surface area contributed by atoms with Crippen LogP contribution in [0.4, 0.5) is 13.2 Å². The summed E-state index contributed by atoms with van der Waals surface area (Å²) in [6.45, 7) is 3.92. The summed E-state index contributed by atoms with van der Waals surface area (Å²) in [5.41, 5.74) is -0.445. The van der Waals surface area contributed by atoms with Crippen molar-refractivity contribution >= 4 is 0 Å². The molecule has 0 spiro atoms. The Kier molecular flexibility index (Phi) is 2.72. The first kappa shape index (κ1) is 11.5. The van der Waals surface area contributed by atoms with Gasteiger partial charge in [0.1, 0.15) is 11.5 Å². The highest BCUT2D eigenvalue weighted by atomic mass is 19.4. The molecule has 0 aromatic carbocycles. The zero-order valence-corrected chi connectivity index (χ0v) is 9.43. The Morgan fingerprint density at radius 1 is 1.44 bits per heavy atom. The van der Waals surface area contributed by atoms with E-state index in [0.717, 1.165) is 12.8 Å². The van der Waals surface area contributed by atoms with E-state index in [4.69, 9.17) is 0 Å². The van der Waals surface area contributed by atoms with Crippen molar-refractivity contribution < 1.29 is 13.2 Å². The molecular formula is C11H15F3N2. The number of nitrogens with zero attached hydrogens (tertiary/aromatic N) is 2. The van der Waals surface area contributed by atoms with Crippen molar-refractivity contribution in [3.05, 3.63) is 17.2 Å². The minimum Gasteiger partial charge on any atom is -0.324 e. The molecule has 0 amide bonds. The summed E-state index contributed by atoms with van der Waals surface area (Å²) in [4.78, 5) is 4.03. The van der Waals surface area contributed by atoms with Gasteiger partial charge in [0.05, 0.1) is 5.69 Å². The molecule has 2 rings (SSSR count). The van der Waals surface area contributed by atoms with Crippen LogP contribution >= 0.6 is 0 Å². The molecule has 16 heavy (non-hydrogen) atoms.